The molecule has 1 N–H and O–H groups in total. The molecule has 1 atom stereocenters. The Balaban J connectivity index is 2.04. The maximum atomic E-state index is 12.3. The third kappa shape index (κ3) is 5.89. The van der Waals surface area contributed by atoms with Gasteiger partial charge in [0.15, 0.2) is 18.1 Å². The van der Waals surface area contributed by atoms with E-state index in [4.69, 9.17) is 14.7 Å². The standard InChI is InChI=1S/C22H24N2O3/c1-4-19(18-9-5-16(2)6-10-18)24-22(25)12-8-17-7-11-20(27-14-13-23)21(15-17)26-3/h5-12,15,19H,4,14H2,1-3H3,(H,24,25)/b12-8+/t19-/m1/s1. The lowest BCUT2D eigenvalue weighted by Crippen LogP contribution is -2.26. The summed E-state index contributed by atoms with van der Waals surface area (Å²) in [5, 5.41) is 11.6. The molecule has 2 rings (SSSR count). The Morgan fingerprint density at radius 1 is 1.22 bits per heavy atom. The van der Waals surface area contributed by atoms with Crippen LogP contribution in [0, 0.1) is 18.3 Å². The molecule has 0 aliphatic heterocycles. The van der Waals surface area contributed by atoms with Crippen molar-refractivity contribution >= 4 is 12.0 Å². The molecule has 0 fully saturated rings. The Morgan fingerprint density at radius 2 is 1.96 bits per heavy atom. The fourth-order valence-corrected chi connectivity index (χ4v) is 2.63. The van der Waals surface area contributed by atoms with Gasteiger partial charge in [0.25, 0.3) is 0 Å². The van der Waals surface area contributed by atoms with Crippen LogP contribution in [0.4, 0.5) is 0 Å². The van der Waals surface area contributed by atoms with Gasteiger partial charge >= 0.3 is 0 Å². The van der Waals surface area contributed by atoms with Gasteiger partial charge in [-0.15, -0.1) is 0 Å². The first-order chi connectivity index (χ1) is 13.1. The van der Waals surface area contributed by atoms with Crippen molar-refractivity contribution in [1.29, 1.82) is 5.26 Å². The van der Waals surface area contributed by atoms with Crippen LogP contribution in [0.2, 0.25) is 0 Å². The number of amides is 1. The first kappa shape index (κ1) is 20.1. The van der Waals surface area contributed by atoms with Crippen LogP contribution in [0.5, 0.6) is 11.5 Å². The Hall–Kier alpha value is -3.26. The summed E-state index contributed by atoms with van der Waals surface area (Å²) < 4.78 is 10.6. The summed E-state index contributed by atoms with van der Waals surface area (Å²) in [6, 6.07) is 15.3. The molecule has 0 aliphatic rings. The summed E-state index contributed by atoms with van der Waals surface area (Å²) in [6.45, 7) is 4.03. The molecular formula is C22H24N2O3. The van der Waals surface area contributed by atoms with Crippen LogP contribution in [0.1, 0.15) is 36.1 Å². The molecule has 0 aliphatic carbocycles. The summed E-state index contributed by atoms with van der Waals surface area (Å²) >= 11 is 0. The van der Waals surface area contributed by atoms with Crippen molar-refractivity contribution in [1.82, 2.24) is 5.32 Å². The van der Waals surface area contributed by atoms with Gasteiger partial charge < -0.3 is 14.8 Å². The monoisotopic (exact) mass is 364 g/mol. The largest absolute Gasteiger partial charge is 0.493 e. The lowest BCUT2D eigenvalue weighted by Gasteiger charge is -2.16. The van der Waals surface area contributed by atoms with Crippen molar-refractivity contribution in [2.75, 3.05) is 13.7 Å². The molecular weight excluding hydrogens is 340 g/mol. The maximum Gasteiger partial charge on any atom is 0.244 e. The minimum absolute atomic E-state index is 0.0287. The van der Waals surface area contributed by atoms with E-state index < -0.39 is 0 Å². The van der Waals surface area contributed by atoms with Crippen molar-refractivity contribution in [2.45, 2.75) is 26.3 Å². The van der Waals surface area contributed by atoms with Crippen LogP contribution in [0.3, 0.4) is 0 Å². The van der Waals surface area contributed by atoms with Crippen molar-refractivity contribution in [3.63, 3.8) is 0 Å². The average molecular weight is 364 g/mol. The number of hydrogen-bond donors (Lipinski definition) is 1. The maximum absolute atomic E-state index is 12.3. The number of benzene rings is 2. The number of ether oxygens (including phenoxy) is 2. The number of carbonyl (C=O) groups is 1. The smallest absolute Gasteiger partial charge is 0.244 e. The second-order valence-electron chi connectivity index (χ2n) is 6.07. The molecule has 5 nitrogen and oxygen atoms in total. The quantitative estimate of drug-likeness (QED) is 0.713. The van der Waals surface area contributed by atoms with Gasteiger partial charge in [-0.25, -0.2) is 0 Å². The average Bonchev–Trinajstić information content (AvgIpc) is 2.69. The first-order valence-corrected chi connectivity index (χ1v) is 8.80. The highest BCUT2D eigenvalue weighted by Gasteiger charge is 2.11. The zero-order valence-electron chi connectivity index (χ0n) is 15.9. The molecule has 0 heterocycles. The normalized spacial score (nSPS) is 11.6. The molecule has 0 aromatic heterocycles. The number of nitrogens with zero attached hydrogens (tertiary/aromatic N) is 1. The lowest BCUT2D eigenvalue weighted by molar-refractivity contribution is -0.117. The van der Waals surface area contributed by atoms with Gasteiger partial charge in [-0.05, 0) is 42.7 Å². The van der Waals surface area contributed by atoms with E-state index in [1.807, 2.05) is 44.2 Å². The minimum Gasteiger partial charge on any atom is -0.493 e. The van der Waals surface area contributed by atoms with E-state index in [0.29, 0.717) is 11.5 Å². The highest BCUT2D eigenvalue weighted by Crippen LogP contribution is 2.28. The van der Waals surface area contributed by atoms with Gasteiger partial charge in [-0.3, -0.25) is 4.79 Å². The number of nitrogens with one attached hydrogen (secondary N) is 1. The molecule has 140 valence electrons. The van der Waals surface area contributed by atoms with E-state index in [-0.39, 0.29) is 18.6 Å². The van der Waals surface area contributed by atoms with Gasteiger partial charge in [0, 0.05) is 6.08 Å². The van der Waals surface area contributed by atoms with Gasteiger partial charge in [-0.1, -0.05) is 42.8 Å². The molecule has 5 heteroatoms. The van der Waals surface area contributed by atoms with Crippen LogP contribution >= 0.6 is 0 Å². The number of nitriles is 1. The van der Waals surface area contributed by atoms with Crippen molar-refractivity contribution in [2.24, 2.45) is 0 Å². The van der Waals surface area contributed by atoms with Crippen molar-refractivity contribution in [3.8, 4) is 17.6 Å². The molecule has 2 aromatic rings. The third-order valence-electron chi connectivity index (χ3n) is 4.11. The summed E-state index contributed by atoms with van der Waals surface area (Å²) in [5.41, 5.74) is 3.08. The lowest BCUT2D eigenvalue weighted by atomic mass is 10.0. The number of carbonyl (C=O) groups excluding carboxylic acids is 1. The number of hydrogen-bond acceptors (Lipinski definition) is 4. The van der Waals surface area contributed by atoms with E-state index in [9.17, 15) is 4.79 Å². The topological polar surface area (TPSA) is 71.3 Å². The van der Waals surface area contributed by atoms with Crippen LogP contribution in [-0.4, -0.2) is 19.6 Å². The number of methoxy groups -OCH3 is 1. The molecule has 0 unspecified atom stereocenters. The van der Waals surface area contributed by atoms with Gasteiger partial charge in [-0.2, -0.15) is 5.26 Å². The molecule has 27 heavy (non-hydrogen) atoms. The zero-order valence-corrected chi connectivity index (χ0v) is 15.9. The fourth-order valence-electron chi connectivity index (χ4n) is 2.63. The van der Waals surface area contributed by atoms with E-state index in [0.717, 1.165) is 17.5 Å². The molecule has 0 saturated carbocycles. The second-order valence-corrected chi connectivity index (χ2v) is 6.07. The molecule has 0 saturated heterocycles. The second kappa shape index (κ2) is 10.0. The Kier molecular flexibility index (Phi) is 7.45. The Morgan fingerprint density at radius 3 is 2.59 bits per heavy atom. The van der Waals surface area contributed by atoms with E-state index in [1.165, 1.54) is 18.7 Å². The predicted molar refractivity (Wildman–Crippen MR) is 105 cm³/mol. The highest BCUT2D eigenvalue weighted by molar-refractivity contribution is 5.92. The van der Waals surface area contributed by atoms with Crippen LogP contribution in [0.25, 0.3) is 6.08 Å². The van der Waals surface area contributed by atoms with Gasteiger partial charge in [0.1, 0.15) is 6.07 Å². The van der Waals surface area contributed by atoms with Crippen LogP contribution in [0.15, 0.2) is 48.5 Å². The summed E-state index contributed by atoms with van der Waals surface area (Å²) in [4.78, 5) is 12.3. The Labute approximate surface area is 160 Å². The molecule has 1 amide bonds. The summed E-state index contributed by atoms with van der Waals surface area (Å²) in [5.74, 6) is 0.844. The number of aryl methyl sites for hydroxylation is 1. The van der Waals surface area contributed by atoms with E-state index >= 15 is 0 Å². The Bertz CT molecular complexity index is 836. The minimum atomic E-state index is -0.161. The molecule has 2 aromatic carbocycles. The first-order valence-electron chi connectivity index (χ1n) is 8.80. The molecule has 0 spiro atoms. The van der Waals surface area contributed by atoms with E-state index in [1.54, 1.807) is 24.3 Å². The van der Waals surface area contributed by atoms with Crippen LogP contribution < -0.4 is 14.8 Å². The zero-order chi connectivity index (χ0) is 19.6. The molecule has 0 radical (unpaired) electrons. The van der Waals surface area contributed by atoms with E-state index in [2.05, 4.69) is 5.32 Å². The summed E-state index contributed by atoms with van der Waals surface area (Å²) in [6.07, 6.45) is 4.02. The van der Waals surface area contributed by atoms with Crippen molar-refractivity contribution in [3.05, 3.63) is 65.2 Å². The number of rotatable bonds is 8. The van der Waals surface area contributed by atoms with Crippen molar-refractivity contribution < 1.29 is 14.3 Å². The fraction of sp³-hybridized carbons (Fsp3) is 0.273. The molecule has 0 bridgehead atoms. The van der Waals surface area contributed by atoms with Gasteiger partial charge in [0.05, 0.1) is 13.2 Å². The van der Waals surface area contributed by atoms with Crippen LogP contribution in [-0.2, 0) is 4.79 Å². The predicted octanol–water partition coefficient (Wildman–Crippen LogP) is 4.19. The third-order valence-corrected chi connectivity index (χ3v) is 4.11. The van der Waals surface area contributed by atoms with Gasteiger partial charge in [0.2, 0.25) is 5.91 Å². The SMILES string of the molecule is CC[C@@H](NC(=O)/C=C/c1ccc(OCC#N)c(OC)c1)c1ccc(C)cc1. The highest BCUT2D eigenvalue weighted by atomic mass is 16.5. The summed E-state index contributed by atoms with van der Waals surface area (Å²) in [7, 11) is 1.53.